The number of nitrogens with zero attached hydrogens (tertiary/aromatic N) is 1. The summed E-state index contributed by atoms with van der Waals surface area (Å²) in [6.45, 7) is 2.02. The molecule has 1 aromatic rings. The van der Waals surface area contributed by atoms with Gasteiger partial charge < -0.3 is 5.32 Å². The lowest BCUT2D eigenvalue weighted by atomic mass is 9.95. The Morgan fingerprint density at radius 1 is 1.58 bits per heavy atom. The standard InChI is InChI=1S/C8H8BrClN2/c9-6-1-7(5-2-11-3-5)8(10)12-4-6/h1,4-5,11H,2-3H2. The molecule has 1 aromatic heterocycles. The Labute approximate surface area is 84.5 Å². The van der Waals surface area contributed by atoms with Gasteiger partial charge in [0.2, 0.25) is 0 Å². The zero-order chi connectivity index (χ0) is 8.55. The summed E-state index contributed by atoms with van der Waals surface area (Å²) < 4.78 is 0.994. The van der Waals surface area contributed by atoms with Gasteiger partial charge in [-0.3, -0.25) is 0 Å². The van der Waals surface area contributed by atoms with Crippen molar-refractivity contribution in [3.63, 3.8) is 0 Å². The Balaban J connectivity index is 2.34. The van der Waals surface area contributed by atoms with Crippen molar-refractivity contribution in [3.05, 3.63) is 27.5 Å². The highest BCUT2D eigenvalue weighted by Gasteiger charge is 2.21. The summed E-state index contributed by atoms with van der Waals surface area (Å²) in [6, 6.07) is 2.04. The molecule has 4 heteroatoms. The van der Waals surface area contributed by atoms with Crippen LogP contribution >= 0.6 is 27.5 Å². The van der Waals surface area contributed by atoms with Gasteiger partial charge in [0.1, 0.15) is 5.15 Å². The van der Waals surface area contributed by atoms with Crippen LogP contribution in [-0.2, 0) is 0 Å². The molecule has 1 N–H and O–H groups in total. The summed E-state index contributed by atoms with van der Waals surface area (Å²) in [7, 11) is 0. The van der Waals surface area contributed by atoms with E-state index in [1.165, 1.54) is 0 Å². The van der Waals surface area contributed by atoms with Gasteiger partial charge in [-0.1, -0.05) is 11.6 Å². The number of hydrogen-bond donors (Lipinski definition) is 1. The molecule has 2 nitrogen and oxygen atoms in total. The molecule has 1 aliphatic rings. The first-order chi connectivity index (χ1) is 5.77. The molecule has 0 spiro atoms. The fourth-order valence-corrected chi connectivity index (χ4v) is 1.84. The van der Waals surface area contributed by atoms with Crippen LogP contribution in [0, 0.1) is 0 Å². The number of halogens is 2. The molecule has 0 bridgehead atoms. The van der Waals surface area contributed by atoms with Crippen molar-refractivity contribution in [2.24, 2.45) is 0 Å². The molecule has 0 atom stereocenters. The number of aromatic nitrogens is 1. The van der Waals surface area contributed by atoms with Crippen LogP contribution in [0.1, 0.15) is 11.5 Å². The van der Waals surface area contributed by atoms with Gasteiger partial charge in [-0.15, -0.1) is 0 Å². The van der Waals surface area contributed by atoms with Gasteiger partial charge in [0, 0.05) is 29.7 Å². The molecule has 0 unspecified atom stereocenters. The first-order valence-electron chi connectivity index (χ1n) is 3.79. The van der Waals surface area contributed by atoms with E-state index < -0.39 is 0 Å². The number of hydrogen-bond acceptors (Lipinski definition) is 2. The highest BCUT2D eigenvalue weighted by molar-refractivity contribution is 9.10. The molecule has 1 aliphatic heterocycles. The lowest BCUT2D eigenvalue weighted by Crippen LogP contribution is -2.40. The van der Waals surface area contributed by atoms with Gasteiger partial charge in [-0.05, 0) is 27.6 Å². The van der Waals surface area contributed by atoms with Gasteiger partial charge in [0.25, 0.3) is 0 Å². The van der Waals surface area contributed by atoms with E-state index in [0.29, 0.717) is 11.1 Å². The molecule has 12 heavy (non-hydrogen) atoms. The van der Waals surface area contributed by atoms with Crippen LogP contribution in [0.5, 0.6) is 0 Å². The van der Waals surface area contributed by atoms with Crippen LogP contribution in [0.25, 0.3) is 0 Å². The van der Waals surface area contributed by atoms with Crippen LogP contribution in [0.4, 0.5) is 0 Å². The zero-order valence-corrected chi connectivity index (χ0v) is 8.69. The van der Waals surface area contributed by atoms with Crippen LogP contribution in [0.15, 0.2) is 16.7 Å². The average Bonchev–Trinajstić information content (AvgIpc) is 1.93. The molecule has 0 amide bonds. The minimum absolute atomic E-state index is 0.544. The van der Waals surface area contributed by atoms with E-state index in [-0.39, 0.29) is 0 Å². The van der Waals surface area contributed by atoms with Crippen LogP contribution < -0.4 is 5.32 Å². The van der Waals surface area contributed by atoms with E-state index in [2.05, 4.69) is 26.2 Å². The highest BCUT2D eigenvalue weighted by Crippen LogP contribution is 2.27. The molecule has 0 aromatic carbocycles. The second-order valence-electron chi connectivity index (χ2n) is 2.89. The lowest BCUT2D eigenvalue weighted by Gasteiger charge is -2.27. The number of pyridine rings is 1. The van der Waals surface area contributed by atoms with Gasteiger partial charge in [0.15, 0.2) is 0 Å². The van der Waals surface area contributed by atoms with Crippen molar-refractivity contribution in [2.45, 2.75) is 5.92 Å². The van der Waals surface area contributed by atoms with Gasteiger partial charge in [-0.25, -0.2) is 4.98 Å². The van der Waals surface area contributed by atoms with Crippen LogP contribution in [0.3, 0.4) is 0 Å². The largest absolute Gasteiger partial charge is 0.315 e. The third-order valence-electron chi connectivity index (χ3n) is 2.05. The maximum absolute atomic E-state index is 5.94. The minimum atomic E-state index is 0.544. The van der Waals surface area contributed by atoms with E-state index in [1.54, 1.807) is 6.20 Å². The zero-order valence-electron chi connectivity index (χ0n) is 6.35. The second kappa shape index (κ2) is 3.32. The molecule has 1 fully saturated rings. The molecule has 64 valence electrons. The molecule has 2 heterocycles. The number of rotatable bonds is 1. The Morgan fingerprint density at radius 3 is 2.92 bits per heavy atom. The topological polar surface area (TPSA) is 24.9 Å². The second-order valence-corrected chi connectivity index (χ2v) is 4.16. The maximum Gasteiger partial charge on any atom is 0.132 e. The van der Waals surface area contributed by atoms with Crippen LogP contribution in [-0.4, -0.2) is 18.1 Å². The molecular formula is C8H8BrClN2. The van der Waals surface area contributed by atoms with Crippen molar-refractivity contribution in [3.8, 4) is 0 Å². The first-order valence-corrected chi connectivity index (χ1v) is 4.96. The van der Waals surface area contributed by atoms with Crippen molar-refractivity contribution >= 4 is 27.5 Å². The van der Waals surface area contributed by atoms with E-state index >= 15 is 0 Å². The molecular weight excluding hydrogens is 239 g/mol. The summed E-state index contributed by atoms with van der Waals surface area (Å²) in [5, 5.41) is 3.83. The van der Waals surface area contributed by atoms with Gasteiger partial charge in [-0.2, -0.15) is 0 Å². The third kappa shape index (κ3) is 1.49. The monoisotopic (exact) mass is 246 g/mol. The normalized spacial score (nSPS) is 17.5. The Kier molecular flexibility index (Phi) is 2.35. The maximum atomic E-state index is 5.94. The quantitative estimate of drug-likeness (QED) is 0.770. The SMILES string of the molecule is Clc1ncc(Br)cc1C1CNC1. The molecule has 0 radical (unpaired) electrons. The van der Waals surface area contributed by atoms with Gasteiger partial charge >= 0.3 is 0 Å². The highest BCUT2D eigenvalue weighted by atomic mass is 79.9. The van der Waals surface area contributed by atoms with E-state index in [1.807, 2.05) is 6.07 Å². The van der Waals surface area contributed by atoms with E-state index in [0.717, 1.165) is 23.1 Å². The summed E-state index contributed by atoms with van der Waals surface area (Å²) in [4.78, 5) is 4.07. The minimum Gasteiger partial charge on any atom is -0.315 e. The molecule has 1 saturated heterocycles. The van der Waals surface area contributed by atoms with E-state index in [4.69, 9.17) is 11.6 Å². The van der Waals surface area contributed by atoms with Crippen molar-refractivity contribution in [2.75, 3.05) is 13.1 Å². The predicted octanol–water partition coefficient (Wildman–Crippen LogP) is 2.18. The molecule has 0 saturated carbocycles. The van der Waals surface area contributed by atoms with Crippen molar-refractivity contribution < 1.29 is 0 Å². The fraction of sp³-hybridized carbons (Fsp3) is 0.375. The average molecular weight is 248 g/mol. The molecule has 0 aliphatic carbocycles. The summed E-state index contributed by atoms with van der Waals surface area (Å²) in [5.41, 5.74) is 1.14. The Morgan fingerprint density at radius 2 is 2.33 bits per heavy atom. The lowest BCUT2D eigenvalue weighted by molar-refractivity contribution is 0.447. The third-order valence-corrected chi connectivity index (χ3v) is 2.80. The molecule has 2 rings (SSSR count). The van der Waals surface area contributed by atoms with E-state index in [9.17, 15) is 0 Å². The number of nitrogens with one attached hydrogen (secondary N) is 1. The predicted molar refractivity (Wildman–Crippen MR) is 52.6 cm³/mol. The smallest absolute Gasteiger partial charge is 0.132 e. The first kappa shape index (κ1) is 8.48. The van der Waals surface area contributed by atoms with Crippen LogP contribution in [0.2, 0.25) is 5.15 Å². The summed E-state index contributed by atoms with van der Waals surface area (Å²) in [5.74, 6) is 0.544. The van der Waals surface area contributed by atoms with Crippen molar-refractivity contribution in [1.29, 1.82) is 0 Å². The summed E-state index contributed by atoms with van der Waals surface area (Å²) >= 11 is 9.32. The van der Waals surface area contributed by atoms with Gasteiger partial charge in [0.05, 0.1) is 0 Å². The van der Waals surface area contributed by atoms with Crippen molar-refractivity contribution in [1.82, 2.24) is 10.3 Å². The Hall–Kier alpha value is -0.120. The summed E-state index contributed by atoms with van der Waals surface area (Å²) in [6.07, 6.45) is 1.72. The fourth-order valence-electron chi connectivity index (χ4n) is 1.23. The Bertz CT molecular complexity index is 299.